The Hall–Kier alpha value is -0.480. The molecule has 0 spiro atoms. The molecule has 1 aliphatic carbocycles. The first-order valence-corrected chi connectivity index (χ1v) is 4.04. The van der Waals surface area contributed by atoms with E-state index in [1.807, 2.05) is 0 Å². The quantitative estimate of drug-likeness (QED) is 0.612. The summed E-state index contributed by atoms with van der Waals surface area (Å²) >= 11 is 5.81. The Bertz CT molecular complexity index is 265. The molecule has 0 fully saturated rings. The molecule has 0 radical (unpaired) electrons. The minimum absolute atomic E-state index is 0.738. The third-order valence-electron chi connectivity index (χ3n) is 1.93. The van der Waals surface area contributed by atoms with E-state index in [1.165, 1.54) is 6.08 Å². The summed E-state index contributed by atoms with van der Waals surface area (Å²) in [6, 6.07) is -0.809. The average Bonchev–Trinajstić information content (AvgIpc) is 1.92. The van der Waals surface area contributed by atoms with Gasteiger partial charge in [-0.15, -0.1) is 11.6 Å². The SMILES string of the molecule is CC1(Cl)C=CC(C(F)(F)F)=CC1N. The van der Waals surface area contributed by atoms with Crippen molar-refractivity contribution in [1.29, 1.82) is 0 Å². The van der Waals surface area contributed by atoms with Gasteiger partial charge in [-0.05, 0) is 6.92 Å². The van der Waals surface area contributed by atoms with Gasteiger partial charge in [0.15, 0.2) is 0 Å². The lowest BCUT2D eigenvalue weighted by molar-refractivity contribution is -0.0887. The summed E-state index contributed by atoms with van der Waals surface area (Å²) in [6.45, 7) is 1.57. The van der Waals surface area contributed by atoms with Gasteiger partial charge >= 0.3 is 6.18 Å². The maximum absolute atomic E-state index is 12.1. The first-order valence-electron chi connectivity index (χ1n) is 3.66. The van der Waals surface area contributed by atoms with Crippen LogP contribution in [0.15, 0.2) is 23.8 Å². The van der Waals surface area contributed by atoms with Gasteiger partial charge in [-0.2, -0.15) is 13.2 Å². The van der Waals surface area contributed by atoms with Gasteiger partial charge in [0.05, 0.1) is 10.4 Å². The number of nitrogens with two attached hydrogens (primary N) is 1. The van der Waals surface area contributed by atoms with E-state index in [-0.39, 0.29) is 0 Å². The Morgan fingerprint density at radius 3 is 2.46 bits per heavy atom. The largest absolute Gasteiger partial charge is 0.416 e. The van der Waals surface area contributed by atoms with Crippen LogP contribution in [0.2, 0.25) is 0 Å². The predicted octanol–water partition coefficient (Wildman–Crippen LogP) is 2.37. The van der Waals surface area contributed by atoms with E-state index < -0.39 is 22.7 Å². The Morgan fingerprint density at radius 1 is 1.54 bits per heavy atom. The van der Waals surface area contributed by atoms with E-state index in [0.29, 0.717) is 0 Å². The molecule has 2 unspecified atom stereocenters. The van der Waals surface area contributed by atoms with Gasteiger partial charge in [0.1, 0.15) is 0 Å². The summed E-state index contributed by atoms with van der Waals surface area (Å²) in [6.07, 6.45) is -1.19. The minimum atomic E-state index is -4.35. The smallest absolute Gasteiger partial charge is 0.323 e. The maximum atomic E-state index is 12.1. The number of hydrogen-bond acceptors (Lipinski definition) is 1. The molecule has 1 rings (SSSR count). The number of hydrogen-bond donors (Lipinski definition) is 1. The molecule has 0 bridgehead atoms. The molecule has 0 heterocycles. The molecule has 0 aromatic rings. The van der Waals surface area contributed by atoms with Crippen molar-refractivity contribution >= 4 is 11.6 Å². The van der Waals surface area contributed by atoms with Gasteiger partial charge in [0.25, 0.3) is 0 Å². The van der Waals surface area contributed by atoms with Crippen molar-refractivity contribution in [2.75, 3.05) is 0 Å². The number of alkyl halides is 4. The second kappa shape index (κ2) is 3.03. The van der Waals surface area contributed by atoms with Gasteiger partial charge in [0.2, 0.25) is 0 Å². The van der Waals surface area contributed by atoms with Crippen LogP contribution in [-0.2, 0) is 0 Å². The molecule has 13 heavy (non-hydrogen) atoms. The third kappa shape index (κ3) is 2.25. The van der Waals surface area contributed by atoms with Crippen molar-refractivity contribution < 1.29 is 13.2 Å². The second-order valence-corrected chi connectivity index (χ2v) is 3.94. The molecule has 0 saturated heterocycles. The highest BCUT2D eigenvalue weighted by Gasteiger charge is 2.37. The lowest BCUT2D eigenvalue weighted by atomic mass is 9.93. The van der Waals surface area contributed by atoms with E-state index in [0.717, 1.165) is 12.2 Å². The summed E-state index contributed by atoms with van der Waals surface area (Å²) in [5.41, 5.74) is 4.70. The minimum Gasteiger partial charge on any atom is -0.323 e. The Morgan fingerprint density at radius 2 is 2.08 bits per heavy atom. The van der Waals surface area contributed by atoms with Crippen molar-refractivity contribution in [1.82, 2.24) is 0 Å². The van der Waals surface area contributed by atoms with Crippen LogP contribution >= 0.6 is 11.6 Å². The zero-order valence-corrected chi connectivity index (χ0v) is 7.65. The number of halogens is 4. The molecule has 1 nitrogen and oxygen atoms in total. The molecular weight excluding hydrogens is 203 g/mol. The molecule has 1 aliphatic rings. The molecule has 0 aromatic heterocycles. The summed E-state index contributed by atoms with van der Waals surface area (Å²) in [7, 11) is 0. The van der Waals surface area contributed by atoms with Crippen LogP contribution in [0.4, 0.5) is 13.2 Å². The van der Waals surface area contributed by atoms with Gasteiger partial charge in [-0.25, -0.2) is 0 Å². The molecule has 0 amide bonds. The van der Waals surface area contributed by atoms with Crippen LogP contribution in [0.5, 0.6) is 0 Å². The van der Waals surface area contributed by atoms with Crippen molar-refractivity contribution in [2.45, 2.75) is 24.0 Å². The average molecular weight is 212 g/mol. The summed E-state index contributed by atoms with van der Waals surface area (Å²) in [4.78, 5) is -0.922. The standard InChI is InChI=1S/C8H9ClF3N/c1-7(9)3-2-5(4-6(7)13)8(10,11)12/h2-4,6H,13H2,1H3. The van der Waals surface area contributed by atoms with Crippen molar-refractivity contribution in [3.05, 3.63) is 23.8 Å². The molecule has 74 valence electrons. The number of rotatable bonds is 0. The summed E-state index contributed by atoms with van der Waals surface area (Å²) in [5, 5.41) is 0. The number of allylic oxidation sites excluding steroid dienone is 2. The highest BCUT2D eigenvalue weighted by molar-refractivity contribution is 6.25. The van der Waals surface area contributed by atoms with Crippen LogP contribution in [0.25, 0.3) is 0 Å². The fraction of sp³-hybridized carbons (Fsp3) is 0.500. The summed E-state index contributed by atoms with van der Waals surface area (Å²) < 4.78 is 36.4. The van der Waals surface area contributed by atoms with Crippen molar-refractivity contribution in [3.8, 4) is 0 Å². The third-order valence-corrected chi connectivity index (χ3v) is 2.30. The van der Waals surface area contributed by atoms with Gasteiger partial charge in [-0.1, -0.05) is 18.2 Å². The molecule has 5 heteroatoms. The zero-order valence-electron chi connectivity index (χ0n) is 6.90. The first kappa shape index (κ1) is 10.6. The predicted molar refractivity (Wildman–Crippen MR) is 45.5 cm³/mol. The molecule has 2 atom stereocenters. The van der Waals surface area contributed by atoms with Gasteiger partial charge < -0.3 is 5.73 Å². The van der Waals surface area contributed by atoms with Crippen molar-refractivity contribution in [2.24, 2.45) is 5.73 Å². The Labute approximate surface area is 79.0 Å². The maximum Gasteiger partial charge on any atom is 0.416 e. The van der Waals surface area contributed by atoms with Crippen LogP contribution in [0, 0.1) is 0 Å². The molecular formula is C8H9ClF3N. The lowest BCUT2D eigenvalue weighted by Gasteiger charge is -2.28. The normalized spacial score (nSPS) is 34.6. The van der Waals surface area contributed by atoms with E-state index in [9.17, 15) is 13.2 Å². The second-order valence-electron chi connectivity index (χ2n) is 3.13. The van der Waals surface area contributed by atoms with Crippen LogP contribution in [0.1, 0.15) is 6.92 Å². The van der Waals surface area contributed by atoms with Crippen LogP contribution in [-0.4, -0.2) is 17.1 Å². The van der Waals surface area contributed by atoms with E-state index in [2.05, 4.69) is 0 Å². The topological polar surface area (TPSA) is 26.0 Å². The van der Waals surface area contributed by atoms with Gasteiger partial charge in [0, 0.05) is 6.04 Å². The monoisotopic (exact) mass is 211 g/mol. The zero-order chi connectivity index (χ0) is 10.3. The fourth-order valence-corrected chi connectivity index (χ4v) is 1.09. The fourth-order valence-electron chi connectivity index (χ4n) is 0.965. The highest BCUT2D eigenvalue weighted by atomic mass is 35.5. The van der Waals surface area contributed by atoms with E-state index in [4.69, 9.17) is 17.3 Å². The van der Waals surface area contributed by atoms with Crippen LogP contribution in [0.3, 0.4) is 0 Å². The summed E-state index contributed by atoms with van der Waals surface area (Å²) in [5.74, 6) is 0. The molecule has 2 N–H and O–H groups in total. The molecule has 0 aliphatic heterocycles. The highest BCUT2D eigenvalue weighted by Crippen LogP contribution is 2.33. The van der Waals surface area contributed by atoms with Crippen LogP contribution < -0.4 is 5.73 Å². The lowest BCUT2D eigenvalue weighted by Crippen LogP contribution is -2.40. The van der Waals surface area contributed by atoms with E-state index >= 15 is 0 Å². The van der Waals surface area contributed by atoms with Crippen molar-refractivity contribution in [3.63, 3.8) is 0 Å². The van der Waals surface area contributed by atoms with Gasteiger partial charge in [-0.3, -0.25) is 0 Å². The Kier molecular flexibility index (Phi) is 2.47. The Balaban J connectivity index is 2.93. The van der Waals surface area contributed by atoms with E-state index in [1.54, 1.807) is 6.92 Å². The molecule has 0 aromatic carbocycles. The first-order chi connectivity index (χ1) is 5.73. The molecule has 0 saturated carbocycles.